The highest BCUT2D eigenvalue weighted by Crippen LogP contribution is 2.20. The highest BCUT2D eigenvalue weighted by atomic mass is 32.2. The largest absolute Gasteiger partial charge is 0.466 e. The quantitative estimate of drug-likeness (QED) is 0.446. The molecule has 1 unspecified atom stereocenters. The number of hydrogen-bond acceptors (Lipinski definition) is 7. The Morgan fingerprint density at radius 3 is 2.19 bits per heavy atom. The van der Waals surface area contributed by atoms with Gasteiger partial charge in [0.05, 0.1) is 12.5 Å². The standard InChI is InChI=1S/C23H29NO7S/c1-5-29-21(25)18(16-24-22(26)30-23(2,3)4)15-17-11-13-19(14-12-17)31-32(27,28)20-9-7-6-8-10-20/h6-14,18H,5,15-16H2,1-4H3,(H,24,26). The van der Waals surface area contributed by atoms with Crippen LogP contribution < -0.4 is 9.50 Å². The van der Waals surface area contributed by atoms with Gasteiger partial charge in [0, 0.05) is 6.54 Å². The van der Waals surface area contributed by atoms with E-state index in [4.69, 9.17) is 13.7 Å². The second-order valence-corrected chi connectivity index (χ2v) is 9.58. The molecule has 0 radical (unpaired) electrons. The summed E-state index contributed by atoms with van der Waals surface area (Å²) in [5, 5.41) is 2.59. The molecule has 0 aromatic heterocycles. The van der Waals surface area contributed by atoms with Crippen LogP contribution in [0.15, 0.2) is 59.5 Å². The molecule has 0 saturated heterocycles. The predicted molar refractivity (Wildman–Crippen MR) is 119 cm³/mol. The molecule has 9 heteroatoms. The first-order chi connectivity index (χ1) is 15.0. The molecule has 2 aromatic carbocycles. The maximum atomic E-state index is 12.3. The molecular weight excluding hydrogens is 434 g/mol. The van der Waals surface area contributed by atoms with Crippen molar-refractivity contribution in [1.82, 2.24) is 5.32 Å². The van der Waals surface area contributed by atoms with E-state index in [1.165, 1.54) is 24.3 Å². The Kier molecular flexibility index (Phi) is 8.65. The summed E-state index contributed by atoms with van der Waals surface area (Å²) in [6.45, 7) is 7.20. The Labute approximate surface area is 189 Å². The van der Waals surface area contributed by atoms with Gasteiger partial charge >= 0.3 is 22.2 Å². The summed E-state index contributed by atoms with van der Waals surface area (Å²) in [7, 11) is -3.94. The van der Waals surface area contributed by atoms with Gasteiger partial charge in [0.1, 0.15) is 16.2 Å². The zero-order valence-electron chi connectivity index (χ0n) is 18.7. The van der Waals surface area contributed by atoms with Gasteiger partial charge in [0.2, 0.25) is 0 Å². The van der Waals surface area contributed by atoms with Crippen LogP contribution in [0.2, 0.25) is 0 Å². The first-order valence-electron chi connectivity index (χ1n) is 10.2. The lowest BCUT2D eigenvalue weighted by molar-refractivity contribution is -0.147. The molecule has 1 N–H and O–H groups in total. The van der Waals surface area contributed by atoms with Crippen LogP contribution >= 0.6 is 0 Å². The lowest BCUT2D eigenvalue weighted by Gasteiger charge is -2.21. The molecule has 2 aromatic rings. The number of ether oxygens (including phenoxy) is 2. The molecule has 0 heterocycles. The van der Waals surface area contributed by atoms with Crippen molar-refractivity contribution in [2.45, 2.75) is 44.6 Å². The van der Waals surface area contributed by atoms with Gasteiger partial charge in [-0.05, 0) is 63.9 Å². The van der Waals surface area contributed by atoms with Crippen LogP contribution in [-0.4, -0.2) is 39.2 Å². The number of rotatable bonds is 9. The van der Waals surface area contributed by atoms with E-state index in [1.807, 2.05) is 0 Å². The Morgan fingerprint density at radius 1 is 1.00 bits per heavy atom. The minimum atomic E-state index is -3.94. The topological polar surface area (TPSA) is 108 Å². The predicted octanol–water partition coefficient (Wildman–Crippen LogP) is 3.70. The Balaban J connectivity index is 2.04. The lowest BCUT2D eigenvalue weighted by Crippen LogP contribution is -2.38. The molecule has 0 bridgehead atoms. The highest BCUT2D eigenvalue weighted by molar-refractivity contribution is 7.87. The van der Waals surface area contributed by atoms with E-state index >= 15 is 0 Å². The Bertz CT molecular complexity index is 997. The lowest BCUT2D eigenvalue weighted by atomic mass is 9.99. The van der Waals surface area contributed by atoms with Crippen molar-refractivity contribution in [3.8, 4) is 5.75 Å². The van der Waals surface area contributed by atoms with Crippen molar-refractivity contribution in [3.63, 3.8) is 0 Å². The van der Waals surface area contributed by atoms with Crippen molar-refractivity contribution in [2.24, 2.45) is 5.92 Å². The third-order valence-electron chi connectivity index (χ3n) is 4.15. The fourth-order valence-corrected chi connectivity index (χ4v) is 3.70. The van der Waals surface area contributed by atoms with E-state index in [0.29, 0.717) is 0 Å². The molecule has 1 amide bonds. The van der Waals surface area contributed by atoms with Crippen LogP contribution in [0.25, 0.3) is 0 Å². The smallest absolute Gasteiger partial charge is 0.407 e. The molecule has 0 aliphatic heterocycles. The van der Waals surface area contributed by atoms with E-state index < -0.39 is 33.7 Å². The number of esters is 1. The number of nitrogens with one attached hydrogen (secondary N) is 1. The highest BCUT2D eigenvalue weighted by Gasteiger charge is 2.23. The van der Waals surface area contributed by atoms with Crippen molar-refractivity contribution in [1.29, 1.82) is 0 Å². The zero-order valence-corrected chi connectivity index (χ0v) is 19.5. The van der Waals surface area contributed by atoms with Gasteiger partial charge in [0.15, 0.2) is 0 Å². The zero-order chi connectivity index (χ0) is 23.8. The Morgan fingerprint density at radius 2 is 1.62 bits per heavy atom. The average molecular weight is 464 g/mol. The van der Waals surface area contributed by atoms with E-state index in [1.54, 1.807) is 58.0 Å². The first kappa shape index (κ1) is 25.2. The third-order valence-corrected chi connectivity index (χ3v) is 5.42. The van der Waals surface area contributed by atoms with Gasteiger partial charge in [-0.3, -0.25) is 4.79 Å². The van der Waals surface area contributed by atoms with Gasteiger partial charge < -0.3 is 19.0 Å². The summed E-state index contributed by atoms with van der Waals surface area (Å²) in [6, 6.07) is 14.2. The van der Waals surface area contributed by atoms with Crippen molar-refractivity contribution < 1.29 is 31.7 Å². The summed E-state index contributed by atoms with van der Waals surface area (Å²) < 4.78 is 40.2. The van der Waals surface area contributed by atoms with Crippen LogP contribution in [-0.2, 0) is 30.8 Å². The van der Waals surface area contributed by atoms with E-state index in [0.717, 1.165) is 5.56 Å². The molecular formula is C23H29NO7S. The van der Waals surface area contributed by atoms with Crippen LogP contribution in [0.3, 0.4) is 0 Å². The summed E-state index contributed by atoms with van der Waals surface area (Å²) in [6.07, 6.45) is -0.345. The minimum absolute atomic E-state index is 0.0361. The van der Waals surface area contributed by atoms with Gasteiger partial charge in [0.25, 0.3) is 0 Å². The number of amides is 1. The first-order valence-corrected chi connectivity index (χ1v) is 11.6. The molecule has 2 rings (SSSR count). The third kappa shape index (κ3) is 8.22. The molecule has 0 aliphatic carbocycles. The molecule has 32 heavy (non-hydrogen) atoms. The van der Waals surface area contributed by atoms with Crippen LogP contribution in [0.4, 0.5) is 4.79 Å². The molecule has 0 saturated carbocycles. The number of alkyl carbamates (subject to hydrolysis) is 1. The fraction of sp³-hybridized carbons (Fsp3) is 0.391. The van der Waals surface area contributed by atoms with E-state index in [-0.39, 0.29) is 30.2 Å². The number of hydrogen-bond donors (Lipinski definition) is 1. The van der Waals surface area contributed by atoms with Crippen LogP contribution in [0.5, 0.6) is 5.75 Å². The van der Waals surface area contributed by atoms with Gasteiger partial charge in [-0.15, -0.1) is 0 Å². The van der Waals surface area contributed by atoms with Crippen LogP contribution in [0.1, 0.15) is 33.3 Å². The van der Waals surface area contributed by atoms with Gasteiger partial charge in [-0.1, -0.05) is 30.3 Å². The minimum Gasteiger partial charge on any atom is -0.466 e. The number of carbonyl (C=O) groups excluding carboxylic acids is 2. The van der Waals surface area contributed by atoms with Crippen LogP contribution in [0, 0.1) is 5.92 Å². The maximum Gasteiger partial charge on any atom is 0.407 e. The molecule has 1 atom stereocenters. The van der Waals surface area contributed by atoms with Gasteiger partial charge in [-0.25, -0.2) is 4.79 Å². The molecule has 0 fully saturated rings. The second-order valence-electron chi connectivity index (χ2n) is 8.03. The van der Waals surface area contributed by atoms with E-state index in [9.17, 15) is 18.0 Å². The number of carbonyl (C=O) groups is 2. The summed E-state index contributed by atoms with van der Waals surface area (Å²) in [5.74, 6) is -0.935. The fourth-order valence-electron chi connectivity index (χ4n) is 2.75. The second kappa shape index (κ2) is 11.0. The molecule has 0 spiro atoms. The summed E-state index contributed by atoms with van der Waals surface area (Å²) >= 11 is 0. The van der Waals surface area contributed by atoms with E-state index in [2.05, 4.69) is 5.32 Å². The number of benzene rings is 2. The SMILES string of the molecule is CCOC(=O)C(CNC(=O)OC(C)(C)C)Cc1ccc(OS(=O)(=O)c2ccccc2)cc1. The summed E-state index contributed by atoms with van der Waals surface area (Å²) in [4.78, 5) is 24.3. The van der Waals surface area contributed by atoms with Crippen molar-refractivity contribution in [3.05, 3.63) is 60.2 Å². The maximum absolute atomic E-state index is 12.3. The van der Waals surface area contributed by atoms with Crippen molar-refractivity contribution >= 4 is 22.2 Å². The van der Waals surface area contributed by atoms with Gasteiger partial charge in [-0.2, -0.15) is 8.42 Å². The normalized spacial score (nSPS) is 12.5. The Hall–Kier alpha value is -3.07. The molecule has 0 aliphatic rings. The summed E-state index contributed by atoms with van der Waals surface area (Å²) in [5.41, 5.74) is 0.0953. The average Bonchev–Trinajstić information content (AvgIpc) is 2.71. The van der Waals surface area contributed by atoms with Crippen molar-refractivity contribution in [2.75, 3.05) is 13.2 Å². The monoisotopic (exact) mass is 463 g/mol. The molecule has 174 valence electrons. The molecule has 8 nitrogen and oxygen atoms in total.